The Labute approximate surface area is 120 Å². The maximum atomic E-state index is 12.3. The maximum Gasteiger partial charge on any atom is 0.244 e. The molecule has 1 fully saturated rings. The van der Waals surface area contributed by atoms with Gasteiger partial charge in [-0.2, -0.15) is 9.97 Å². The number of imidazole rings is 1. The lowest BCUT2D eigenvalue weighted by atomic mass is 10.3. The molecule has 106 valence electrons. The van der Waals surface area contributed by atoms with E-state index < -0.39 is 0 Å². The largest absolute Gasteiger partial charge is 0.357 e. The molecule has 0 spiro atoms. The molecule has 2 aromatic rings. The van der Waals surface area contributed by atoms with Crippen LogP contribution in [0.1, 0.15) is 19.8 Å². The van der Waals surface area contributed by atoms with E-state index in [0.717, 1.165) is 25.9 Å². The van der Waals surface area contributed by atoms with Gasteiger partial charge in [0.05, 0.1) is 6.33 Å². The number of hydrogen-bond acceptors (Lipinski definition) is 5. The van der Waals surface area contributed by atoms with Crippen LogP contribution in [-0.2, 0) is 4.79 Å². The molecule has 1 unspecified atom stereocenters. The fourth-order valence-electron chi connectivity index (χ4n) is 2.39. The van der Waals surface area contributed by atoms with Crippen molar-refractivity contribution in [1.82, 2.24) is 24.8 Å². The number of aromatic amines is 1. The number of halogens is 1. The zero-order valence-corrected chi connectivity index (χ0v) is 11.8. The molecule has 20 heavy (non-hydrogen) atoms. The summed E-state index contributed by atoms with van der Waals surface area (Å²) in [5.41, 5.74) is 1.13. The van der Waals surface area contributed by atoms with E-state index in [9.17, 15) is 4.79 Å². The minimum Gasteiger partial charge on any atom is -0.357 e. The van der Waals surface area contributed by atoms with Gasteiger partial charge in [0.15, 0.2) is 11.5 Å². The number of nitrogens with one attached hydrogen (secondary N) is 2. The fraction of sp³-hybridized carbons (Fsp3) is 0.500. The van der Waals surface area contributed by atoms with Gasteiger partial charge in [-0.1, -0.05) is 0 Å². The van der Waals surface area contributed by atoms with Crippen molar-refractivity contribution in [2.24, 2.45) is 0 Å². The standard InChI is InChI=1S/C12H15ClN6O/c1-7(11(20)19-4-2-3-5-19)16-10-8-9(15-6-14-8)17-12(13)18-10/h6-7H,2-5H2,1H3,(H2,14,15,16,17,18). The molecule has 1 amide bonds. The minimum absolute atomic E-state index is 0.0740. The fourth-order valence-corrected chi connectivity index (χ4v) is 2.55. The third-order valence-electron chi connectivity index (χ3n) is 3.40. The second-order valence-corrected chi connectivity index (χ2v) is 5.18. The Morgan fingerprint density at radius 2 is 2.20 bits per heavy atom. The number of fused-ring (bicyclic) bond motifs is 1. The van der Waals surface area contributed by atoms with Crippen LogP contribution in [0.5, 0.6) is 0 Å². The van der Waals surface area contributed by atoms with E-state index in [1.165, 1.54) is 6.33 Å². The van der Waals surface area contributed by atoms with Crippen LogP contribution in [0.2, 0.25) is 5.28 Å². The quantitative estimate of drug-likeness (QED) is 0.836. The minimum atomic E-state index is -0.370. The van der Waals surface area contributed by atoms with Gasteiger partial charge in [-0.05, 0) is 31.4 Å². The van der Waals surface area contributed by atoms with Crippen LogP contribution in [0.25, 0.3) is 11.2 Å². The molecule has 3 heterocycles. The van der Waals surface area contributed by atoms with Gasteiger partial charge < -0.3 is 15.2 Å². The van der Waals surface area contributed by atoms with Gasteiger partial charge in [-0.15, -0.1) is 0 Å². The molecule has 0 saturated carbocycles. The predicted octanol–water partition coefficient (Wildman–Crippen LogP) is 1.43. The zero-order chi connectivity index (χ0) is 14.1. The third-order valence-corrected chi connectivity index (χ3v) is 3.57. The summed E-state index contributed by atoms with van der Waals surface area (Å²) < 4.78 is 0. The summed E-state index contributed by atoms with van der Waals surface area (Å²) in [4.78, 5) is 29.3. The highest BCUT2D eigenvalue weighted by Gasteiger charge is 2.24. The number of carbonyl (C=O) groups is 1. The van der Waals surface area contributed by atoms with Crippen molar-refractivity contribution < 1.29 is 4.79 Å². The van der Waals surface area contributed by atoms with E-state index in [-0.39, 0.29) is 17.2 Å². The average Bonchev–Trinajstić information content (AvgIpc) is 3.08. The first kappa shape index (κ1) is 13.1. The zero-order valence-electron chi connectivity index (χ0n) is 11.1. The molecule has 1 atom stereocenters. The lowest BCUT2D eigenvalue weighted by Gasteiger charge is -2.21. The number of likely N-dealkylation sites (tertiary alicyclic amines) is 1. The average molecular weight is 295 g/mol. The molecule has 0 bridgehead atoms. The van der Waals surface area contributed by atoms with E-state index in [4.69, 9.17) is 11.6 Å². The maximum absolute atomic E-state index is 12.3. The van der Waals surface area contributed by atoms with E-state index in [1.54, 1.807) is 0 Å². The van der Waals surface area contributed by atoms with Crippen molar-refractivity contribution in [3.8, 4) is 0 Å². The Morgan fingerprint density at radius 3 is 2.95 bits per heavy atom. The molecule has 8 heteroatoms. The molecule has 3 rings (SSSR count). The van der Waals surface area contributed by atoms with Crippen LogP contribution in [0, 0.1) is 0 Å². The lowest BCUT2D eigenvalue weighted by Crippen LogP contribution is -2.39. The van der Waals surface area contributed by atoms with Gasteiger partial charge in [-0.3, -0.25) is 4.79 Å². The first-order valence-electron chi connectivity index (χ1n) is 6.57. The molecule has 7 nitrogen and oxygen atoms in total. The monoisotopic (exact) mass is 294 g/mol. The smallest absolute Gasteiger partial charge is 0.244 e. The van der Waals surface area contributed by atoms with E-state index in [1.807, 2.05) is 11.8 Å². The Morgan fingerprint density at radius 1 is 1.45 bits per heavy atom. The highest BCUT2D eigenvalue weighted by Crippen LogP contribution is 2.20. The molecule has 0 radical (unpaired) electrons. The van der Waals surface area contributed by atoms with Gasteiger partial charge in [-0.25, -0.2) is 4.98 Å². The summed E-state index contributed by atoms with van der Waals surface area (Å²) in [7, 11) is 0. The van der Waals surface area contributed by atoms with Crippen molar-refractivity contribution in [1.29, 1.82) is 0 Å². The summed E-state index contributed by atoms with van der Waals surface area (Å²) in [6.45, 7) is 3.47. The van der Waals surface area contributed by atoms with Gasteiger partial charge >= 0.3 is 0 Å². The number of amides is 1. The summed E-state index contributed by atoms with van der Waals surface area (Å²) >= 11 is 5.86. The number of rotatable bonds is 3. The molecular weight excluding hydrogens is 280 g/mol. The highest BCUT2D eigenvalue weighted by atomic mass is 35.5. The summed E-state index contributed by atoms with van der Waals surface area (Å²) in [5, 5.41) is 3.20. The Kier molecular flexibility index (Phi) is 3.43. The van der Waals surface area contributed by atoms with Crippen LogP contribution in [0.15, 0.2) is 6.33 Å². The molecule has 2 N–H and O–H groups in total. The summed E-state index contributed by atoms with van der Waals surface area (Å²) in [6, 6.07) is -0.370. The van der Waals surface area contributed by atoms with Crippen molar-refractivity contribution in [3.05, 3.63) is 11.6 Å². The summed E-state index contributed by atoms with van der Waals surface area (Å²) in [6.07, 6.45) is 3.67. The summed E-state index contributed by atoms with van der Waals surface area (Å²) in [5.74, 6) is 0.572. The number of carbonyl (C=O) groups excluding carboxylic acids is 1. The number of aromatic nitrogens is 4. The first-order valence-corrected chi connectivity index (χ1v) is 6.95. The molecular formula is C12H15ClN6O. The van der Waals surface area contributed by atoms with Crippen LogP contribution < -0.4 is 5.32 Å². The lowest BCUT2D eigenvalue weighted by molar-refractivity contribution is -0.130. The first-order chi connectivity index (χ1) is 9.65. The van der Waals surface area contributed by atoms with E-state index in [2.05, 4.69) is 25.3 Å². The number of hydrogen-bond donors (Lipinski definition) is 2. The number of H-pyrrole nitrogens is 1. The van der Waals surface area contributed by atoms with Crippen molar-refractivity contribution in [2.75, 3.05) is 18.4 Å². The van der Waals surface area contributed by atoms with Crippen molar-refractivity contribution in [2.45, 2.75) is 25.8 Å². The van der Waals surface area contributed by atoms with E-state index in [0.29, 0.717) is 17.0 Å². The highest BCUT2D eigenvalue weighted by molar-refractivity contribution is 6.28. The Hall–Kier alpha value is -1.89. The van der Waals surface area contributed by atoms with Gasteiger partial charge in [0.2, 0.25) is 11.2 Å². The predicted molar refractivity (Wildman–Crippen MR) is 75.6 cm³/mol. The number of anilines is 1. The van der Waals surface area contributed by atoms with Crippen molar-refractivity contribution >= 4 is 34.5 Å². The second kappa shape index (κ2) is 5.24. The van der Waals surface area contributed by atoms with Gasteiger partial charge in [0.25, 0.3) is 0 Å². The van der Waals surface area contributed by atoms with Crippen molar-refractivity contribution in [3.63, 3.8) is 0 Å². The molecule has 1 aliphatic heterocycles. The molecule has 0 aliphatic carbocycles. The molecule has 0 aromatic carbocycles. The molecule has 2 aromatic heterocycles. The third kappa shape index (κ3) is 2.40. The Balaban J connectivity index is 1.81. The second-order valence-electron chi connectivity index (χ2n) is 4.84. The molecule has 1 saturated heterocycles. The normalized spacial score (nSPS) is 16.6. The molecule has 1 aliphatic rings. The van der Waals surface area contributed by atoms with Gasteiger partial charge in [0.1, 0.15) is 11.6 Å². The SMILES string of the molecule is CC(Nc1nc(Cl)nc2nc[nH]c12)C(=O)N1CCCC1. The van der Waals surface area contributed by atoms with Crippen LogP contribution in [0.3, 0.4) is 0 Å². The Bertz CT molecular complexity index is 636. The van der Waals surface area contributed by atoms with Gasteiger partial charge in [0, 0.05) is 13.1 Å². The number of nitrogens with zero attached hydrogens (tertiary/aromatic N) is 4. The van der Waals surface area contributed by atoms with E-state index >= 15 is 0 Å². The van der Waals surface area contributed by atoms with Crippen LogP contribution in [0.4, 0.5) is 5.82 Å². The van der Waals surface area contributed by atoms with Crippen LogP contribution in [-0.4, -0.2) is 49.9 Å². The topological polar surface area (TPSA) is 86.8 Å². The van der Waals surface area contributed by atoms with Crippen LogP contribution >= 0.6 is 11.6 Å².